The molecule has 0 radical (unpaired) electrons. The lowest BCUT2D eigenvalue weighted by Crippen LogP contribution is -2.29. The number of benzene rings is 1. The Morgan fingerprint density at radius 2 is 2.14 bits per heavy atom. The number of nitrogens with zero attached hydrogens (tertiary/aromatic N) is 1. The fraction of sp³-hybridized carbons (Fsp3) is 0.222. The molecule has 4 nitrogen and oxygen atoms in total. The van der Waals surface area contributed by atoms with Crippen molar-refractivity contribution >= 4 is 23.4 Å². The second-order valence-electron chi connectivity index (χ2n) is 2.43. The molecule has 14 heavy (non-hydrogen) atoms. The topological polar surface area (TPSA) is 38.8 Å². The third-order valence-corrected chi connectivity index (χ3v) is 1.80. The SMILES string of the molecule is COC(=O)N(OC)c1cccc(Cl)c1. The van der Waals surface area contributed by atoms with E-state index in [1.54, 1.807) is 24.3 Å². The number of rotatable bonds is 2. The van der Waals surface area contributed by atoms with Crippen molar-refractivity contribution in [1.29, 1.82) is 0 Å². The number of carbonyl (C=O) groups excluding carboxylic acids is 1. The second kappa shape index (κ2) is 4.83. The second-order valence-corrected chi connectivity index (χ2v) is 2.86. The van der Waals surface area contributed by atoms with E-state index in [2.05, 4.69) is 4.74 Å². The summed E-state index contributed by atoms with van der Waals surface area (Å²) in [6.07, 6.45) is -0.602. The first-order chi connectivity index (χ1) is 6.69. The molecule has 1 rings (SSSR count). The van der Waals surface area contributed by atoms with Crippen molar-refractivity contribution in [2.75, 3.05) is 19.3 Å². The summed E-state index contributed by atoms with van der Waals surface area (Å²) in [6, 6.07) is 6.71. The van der Waals surface area contributed by atoms with Gasteiger partial charge < -0.3 is 4.74 Å². The van der Waals surface area contributed by atoms with Crippen molar-refractivity contribution in [3.05, 3.63) is 29.3 Å². The molecule has 1 aromatic rings. The summed E-state index contributed by atoms with van der Waals surface area (Å²) in [5, 5.41) is 1.53. The van der Waals surface area contributed by atoms with Crippen LogP contribution in [-0.2, 0) is 9.57 Å². The van der Waals surface area contributed by atoms with Crippen molar-refractivity contribution in [2.24, 2.45) is 0 Å². The number of carbonyl (C=O) groups is 1. The molecule has 0 spiro atoms. The van der Waals surface area contributed by atoms with Crippen LogP contribution in [0.2, 0.25) is 5.02 Å². The monoisotopic (exact) mass is 215 g/mol. The molecule has 0 saturated heterocycles. The summed E-state index contributed by atoms with van der Waals surface area (Å²) in [6.45, 7) is 0. The highest BCUT2D eigenvalue weighted by molar-refractivity contribution is 6.30. The van der Waals surface area contributed by atoms with Gasteiger partial charge >= 0.3 is 6.09 Å². The molecule has 0 atom stereocenters. The molecule has 0 heterocycles. The molecule has 0 bridgehead atoms. The van der Waals surface area contributed by atoms with E-state index >= 15 is 0 Å². The quantitative estimate of drug-likeness (QED) is 0.712. The average molecular weight is 216 g/mol. The maximum atomic E-state index is 11.2. The molecule has 0 unspecified atom stereocenters. The molecule has 0 N–H and O–H groups in total. The number of amides is 1. The minimum Gasteiger partial charge on any atom is -0.451 e. The highest BCUT2D eigenvalue weighted by Gasteiger charge is 2.15. The van der Waals surface area contributed by atoms with E-state index in [0.29, 0.717) is 10.7 Å². The molecule has 5 heteroatoms. The van der Waals surface area contributed by atoms with Gasteiger partial charge in [-0.15, -0.1) is 0 Å². The first-order valence-corrected chi connectivity index (χ1v) is 4.24. The largest absolute Gasteiger partial charge is 0.451 e. The fourth-order valence-corrected chi connectivity index (χ4v) is 1.16. The lowest BCUT2D eigenvalue weighted by atomic mass is 10.3. The molecule has 76 valence electrons. The number of hydrogen-bond donors (Lipinski definition) is 0. The minimum atomic E-state index is -0.602. The van der Waals surface area contributed by atoms with Gasteiger partial charge in [-0.25, -0.2) is 4.79 Å². The normalized spacial score (nSPS) is 9.64. The van der Waals surface area contributed by atoms with Crippen molar-refractivity contribution in [1.82, 2.24) is 0 Å². The van der Waals surface area contributed by atoms with Crippen molar-refractivity contribution in [2.45, 2.75) is 0 Å². The summed E-state index contributed by atoms with van der Waals surface area (Å²) in [4.78, 5) is 16.0. The molecular formula is C9H10ClNO3. The molecular weight excluding hydrogens is 206 g/mol. The van der Waals surface area contributed by atoms with Gasteiger partial charge in [0.1, 0.15) is 0 Å². The van der Waals surface area contributed by atoms with Crippen LogP contribution in [0, 0.1) is 0 Å². The Labute approximate surface area is 86.9 Å². The summed E-state index contributed by atoms with van der Waals surface area (Å²) < 4.78 is 4.52. The van der Waals surface area contributed by atoms with Gasteiger partial charge in [-0.3, -0.25) is 4.84 Å². The van der Waals surface area contributed by atoms with E-state index in [-0.39, 0.29) is 0 Å². The van der Waals surface area contributed by atoms with Gasteiger partial charge in [0.05, 0.1) is 19.9 Å². The fourth-order valence-electron chi connectivity index (χ4n) is 0.971. The van der Waals surface area contributed by atoms with Crippen molar-refractivity contribution in [3.63, 3.8) is 0 Å². The van der Waals surface area contributed by atoms with Crippen LogP contribution in [0.3, 0.4) is 0 Å². The molecule has 0 aromatic heterocycles. The van der Waals surface area contributed by atoms with Gasteiger partial charge in [-0.05, 0) is 18.2 Å². The van der Waals surface area contributed by atoms with Crippen LogP contribution in [0.1, 0.15) is 0 Å². The zero-order valence-electron chi connectivity index (χ0n) is 7.86. The summed E-state index contributed by atoms with van der Waals surface area (Å²) >= 11 is 5.76. The van der Waals surface area contributed by atoms with Crippen molar-refractivity contribution < 1.29 is 14.4 Å². The first-order valence-electron chi connectivity index (χ1n) is 3.86. The average Bonchev–Trinajstić information content (AvgIpc) is 2.19. The Balaban J connectivity index is 2.94. The van der Waals surface area contributed by atoms with Crippen LogP contribution < -0.4 is 5.06 Å². The van der Waals surface area contributed by atoms with E-state index in [0.717, 1.165) is 5.06 Å². The van der Waals surface area contributed by atoms with E-state index in [1.807, 2.05) is 0 Å². The van der Waals surface area contributed by atoms with Gasteiger partial charge in [0.25, 0.3) is 0 Å². The van der Waals surface area contributed by atoms with Gasteiger partial charge in [0, 0.05) is 5.02 Å². The summed E-state index contributed by atoms with van der Waals surface area (Å²) in [7, 11) is 2.65. The number of ether oxygens (including phenoxy) is 1. The van der Waals surface area contributed by atoms with E-state index in [4.69, 9.17) is 16.4 Å². The molecule has 0 fully saturated rings. The molecule has 0 aliphatic carbocycles. The predicted molar refractivity (Wildman–Crippen MR) is 53.3 cm³/mol. The molecule has 0 aliphatic rings. The number of anilines is 1. The van der Waals surface area contributed by atoms with Gasteiger partial charge in [-0.2, -0.15) is 5.06 Å². The smallest absolute Gasteiger partial charge is 0.438 e. The van der Waals surface area contributed by atoms with E-state index in [1.165, 1.54) is 14.2 Å². The number of hydrogen-bond acceptors (Lipinski definition) is 3. The maximum absolute atomic E-state index is 11.2. The zero-order chi connectivity index (χ0) is 10.6. The van der Waals surface area contributed by atoms with Crippen LogP contribution in [0.4, 0.5) is 10.5 Å². The first kappa shape index (κ1) is 10.8. The van der Waals surface area contributed by atoms with E-state index < -0.39 is 6.09 Å². The third kappa shape index (κ3) is 2.37. The summed E-state index contributed by atoms with van der Waals surface area (Å²) in [5.41, 5.74) is 0.520. The van der Waals surface area contributed by atoms with Crippen LogP contribution in [0.15, 0.2) is 24.3 Å². The van der Waals surface area contributed by atoms with Crippen LogP contribution >= 0.6 is 11.6 Å². The Kier molecular flexibility index (Phi) is 3.73. The Morgan fingerprint density at radius 1 is 1.43 bits per heavy atom. The van der Waals surface area contributed by atoms with E-state index in [9.17, 15) is 4.79 Å². The van der Waals surface area contributed by atoms with Crippen LogP contribution in [0.5, 0.6) is 0 Å². The highest BCUT2D eigenvalue weighted by Crippen LogP contribution is 2.19. The number of methoxy groups -OCH3 is 1. The van der Waals surface area contributed by atoms with Gasteiger partial charge in [0.2, 0.25) is 0 Å². The number of hydroxylamine groups is 1. The molecule has 1 aromatic carbocycles. The van der Waals surface area contributed by atoms with Crippen LogP contribution in [-0.4, -0.2) is 20.3 Å². The van der Waals surface area contributed by atoms with Gasteiger partial charge in [-0.1, -0.05) is 17.7 Å². The Morgan fingerprint density at radius 3 is 2.64 bits per heavy atom. The third-order valence-electron chi connectivity index (χ3n) is 1.57. The standard InChI is InChI=1S/C9H10ClNO3/c1-13-9(12)11(14-2)8-5-3-4-7(10)6-8/h3-6H,1-2H3. The van der Waals surface area contributed by atoms with Crippen LogP contribution in [0.25, 0.3) is 0 Å². The molecule has 0 saturated carbocycles. The predicted octanol–water partition coefficient (Wildman–Crippen LogP) is 2.47. The number of halogens is 1. The Hall–Kier alpha value is -1.26. The lowest BCUT2D eigenvalue weighted by molar-refractivity contribution is 0.116. The maximum Gasteiger partial charge on any atom is 0.438 e. The Bertz CT molecular complexity index is 330. The zero-order valence-corrected chi connectivity index (χ0v) is 8.62. The summed E-state index contributed by atoms with van der Waals surface area (Å²) in [5.74, 6) is 0. The van der Waals surface area contributed by atoms with Crippen molar-refractivity contribution in [3.8, 4) is 0 Å². The molecule has 0 aliphatic heterocycles. The molecule has 1 amide bonds. The highest BCUT2D eigenvalue weighted by atomic mass is 35.5. The van der Waals surface area contributed by atoms with Gasteiger partial charge in [0.15, 0.2) is 0 Å². The minimum absolute atomic E-state index is 0.520. The lowest BCUT2D eigenvalue weighted by Gasteiger charge is -2.17.